The summed E-state index contributed by atoms with van der Waals surface area (Å²) in [5.74, 6) is 0.322. The summed E-state index contributed by atoms with van der Waals surface area (Å²) < 4.78 is 0. The lowest BCUT2D eigenvalue weighted by Crippen LogP contribution is -2.54. The van der Waals surface area contributed by atoms with Crippen LogP contribution in [0.25, 0.3) is 0 Å². The number of anilines is 1. The number of rotatable bonds is 4. The van der Waals surface area contributed by atoms with Crippen LogP contribution in [0.2, 0.25) is 0 Å². The van der Waals surface area contributed by atoms with Gasteiger partial charge in [-0.3, -0.25) is 4.79 Å². The maximum Gasteiger partial charge on any atom is 0.269 e. The average molecular weight is 327 g/mol. The summed E-state index contributed by atoms with van der Waals surface area (Å²) in [6, 6.07) is 7.05. The summed E-state index contributed by atoms with van der Waals surface area (Å²) in [7, 11) is 0. The lowest BCUT2D eigenvalue weighted by Gasteiger charge is -2.39. The Labute approximate surface area is 140 Å². The van der Waals surface area contributed by atoms with E-state index in [0.29, 0.717) is 24.6 Å². The molecule has 0 bridgehead atoms. The number of nitrogens with zero attached hydrogens (tertiary/aromatic N) is 4. The van der Waals surface area contributed by atoms with Crippen LogP contribution in [0.3, 0.4) is 0 Å². The zero-order valence-electron chi connectivity index (χ0n) is 13.6. The molecule has 1 atom stereocenters. The van der Waals surface area contributed by atoms with E-state index >= 15 is 0 Å². The Bertz CT molecular complexity index is 709. The standard InChI is InChI=1S/C17H21N5O2/c1-13-5-2-6-14(21-13)15(23)20-11-17(24)7-3-10-22(12-17)16-18-8-4-9-19-16/h2,4-6,8-9,24H,3,7,10-12H2,1H3,(H,20,23)/t17-/m0/s1. The van der Waals surface area contributed by atoms with Crippen molar-refractivity contribution in [2.24, 2.45) is 0 Å². The lowest BCUT2D eigenvalue weighted by atomic mass is 9.93. The minimum Gasteiger partial charge on any atom is -0.386 e. The van der Waals surface area contributed by atoms with Gasteiger partial charge in [0.2, 0.25) is 5.95 Å². The van der Waals surface area contributed by atoms with E-state index in [1.165, 1.54) is 0 Å². The van der Waals surface area contributed by atoms with Gasteiger partial charge in [-0.2, -0.15) is 0 Å². The molecule has 0 radical (unpaired) electrons. The second-order valence-corrected chi connectivity index (χ2v) is 6.15. The predicted octanol–water partition coefficient (Wildman–Crippen LogP) is 0.941. The van der Waals surface area contributed by atoms with Crippen LogP contribution in [-0.4, -0.2) is 51.2 Å². The highest BCUT2D eigenvalue weighted by Crippen LogP contribution is 2.23. The fourth-order valence-electron chi connectivity index (χ4n) is 2.89. The van der Waals surface area contributed by atoms with Crippen molar-refractivity contribution in [2.45, 2.75) is 25.4 Å². The number of aryl methyl sites for hydroxylation is 1. The minimum atomic E-state index is -1.00. The number of pyridine rings is 1. The van der Waals surface area contributed by atoms with E-state index in [1.807, 2.05) is 17.9 Å². The van der Waals surface area contributed by atoms with E-state index in [2.05, 4.69) is 20.3 Å². The molecule has 1 fully saturated rings. The third-order valence-corrected chi connectivity index (χ3v) is 4.09. The summed E-state index contributed by atoms with van der Waals surface area (Å²) in [4.78, 5) is 26.8. The maximum atomic E-state index is 12.2. The van der Waals surface area contributed by atoms with E-state index in [0.717, 1.165) is 18.7 Å². The van der Waals surface area contributed by atoms with Gasteiger partial charge in [-0.25, -0.2) is 15.0 Å². The maximum absolute atomic E-state index is 12.2. The first kappa shape index (κ1) is 16.3. The monoisotopic (exact) mass is 327 g/mol. The molecule has 1 saturated heterocycles. The van der Waals surface area contributed by atoms with Crippen molar-refractivity contribution in [3.05, 3.63) is 48.0 Å². The highest BCUT2D eigenvalue weighted by Gasteiger charge is 2.34. The van der Waals surface area contributed by atoms with Crippen LogP contribution in [0.1, 0.15) is 29.0 Å². The fraction of sp³-hybridized carbons (Fsp3) is 0.412. The van der Waals surface area contributed by atoms with E-state index in [1.54, 1.807) is 30.6 Å². The Hall–Kier alpha value is -2.54. The van der Waals surface area contributed by atoms with Crippen LogP contribution in [0.4, 0.5) is 5.95 Å². The molecule has 3 rings (SSSR count). The lowest BCUT2D eigenvalue weighted by molar-refractivity contribution is 0.0251. The van der Waals surface area contributed by atoms with E-state index in [9.17, 15) is 9.90 Å². The number of hydrogen-bond acceptors (Lipinski definition) is 6. The first-order chi connectivity index (χ1) is 11.6. The van der Waals surface area contributed by atoms with Gasteiger partial charge in [0.1, 0.15) is 5.69 Å². The zero-order chi connectivity index (χ0) is 17.0. The third-order valence-electron chi connectivity index (χ3n) is 4.09. The van der Waals surface area contributed by atoms with Gasteiger partial charge < -0.3 is 15.3 Å². The summed E-state index contributed by atoms with van der Waals surface area (Å²) in [5.41, 5.74) is 0.140. The van der Waals surface area contributed by atoms with Crippen molar-refractivity contribution >= 4 is 11.9 Å². The van der Waals surface area contributed by atoms with Crippen molar-refractivity contribution in [1.82, 2.24) is 20.3 Å². The number of carbonyl (C=O) groups is 1. The number of hydrogen-bond donors (Lipinski definition) is 2. The molecule has 0 spiro atoms. The molecule has 2 aromatic rings. The summed E-state index contributed by atoms with van der Waals surface area (Å²) in [6.07, 6.45) is 4.80. The summed E-state index contributed by atoms with van der Waals surface area (Å²) in [6.45, 7) is 3.19. The zero-order valence-corrected chi connectivity index (χ0v) is 13.6. The Balaban J connectivity index is 1.62. The smallest absolute Gasteiger partial charge is 0.269 e. The molecule has 0 aliphatic carbocycles. The molecule has 2 aromatic heterocycles. The van der Waals surface area contributed by atoms with Crippen LogP contribution < -0.4 is 10.2 Å². The molecule has 1 amide bonds. The second kappa shape index (κ2) is 6.92. The van der Waals surface area contributed by atoms with Gasteiger partial charge in [0.05, 0.1) is 12.1 Å². The first-order valence-electron chi connectivity index (χ1n) is 8.02. The van der Waals surface area contributed by atoms with Crippen LogP contribution >= 0.6 is 0 Å². The number of piperidine rings is 1. The predicted molar refractivity (Wildman–Crippen MR) is 89.7 cm³/mol. The third kappa shape index (κ3) is 3.86. The Morgan fingerprint density at radius 2 is 2.12 bits per heavy atom. The van der Waals surface area contributed by atoms with Gasteiger partial charge in [0, 0.05) is 31.2 Å². The second-order valence-electron chi connectivity index (χ2n) is 6.15. The highest BCUT2D eigenvalue weighted by molar-refractivity contribution is 5.92. The Kier molecular flexibility index (Phi) is 4.71. The quantitative estimate of drug-likeness (QED) is 0.868. The van der Waals surface area contributed by atoms with Gasteiger partial charge in [-0.15, -0.1) is 0 Å². The molecule has 0 saturated carbocycles. The average Bonchev–Trinajstić information content (AvgIpc) is 2.60. The molecule has 24 heavy (non-hydrogen) atoms. The molecule has 1 aliphatic rings. The van der Waals surface area contributed by atoms with Crippen molar-refractivity contribution in [1.29, 1.82) is 0 Å². The van der Waals surface area contributed by atoms with Crippen molar-refractivity contribution in [3.63, 3.8) is 0 Å². The molecule has 7 nitrogen and oxygen atoms in total. The molecule has 126 valence electrons. The van der Waals surface area contributed by atoms with Crippen LogP contribution in [0.5, 0.6) is 0 Å². The number of aliphatic hydroxyl groups is 1. The molecule has 3 heterocycles. The number of amides is 1. The minimum absolute atomic E-state index is 0.171. The normalized spacial score (nSPS) is 20.7. The number of aromatic nitrogens is 3. The number of nitrogens with one attached hydrogen (secondary N) is 1. The highest BCUT2D eigenvalue weighted by atomic mass is 16.3. The van der Waals surface area contributed by atoms with Gasteiger partial charge in [-0.1, -0.05) is 6.07 Å². The van der Waals surface area contributed by atoms with E-state index in [-0.39, 0.29) is 12.5 Å². The van der Waals surface area contributed by atoms with Gasteiger partial charge in [-0.05, 0) is 38.0 Å². The molecule has 1 aliphatic heterocycles. The molecule has 0 aromatic carbocycles. The molecule has 0 unspecified atom stereocenters. The molecular formula is C17H21N5O2. The van der Waals surface area contributed by atoms with Crippen LogP contribution in [-0.2, 0) is 0 Å². The Morgan fingerprint density at radius 3 is 2.88 bits per heavy atom. The first-order valence-corrected chi connectivity index (χ1v) is 8.02. The van der Waals surface area contributed by atoms with Crippen molar-refractivity contribution in [3.8, 4) is 0 Å². The largest absolute Gasteiger partial charge is 0.386 e. The van der Waals surface area contributed by atoms with E-state index in [4.69, 9.17) is 0 Å². The van der Waals surface area contributed by atoms with Gasteiger partial charge in [0.15, 0.2) is 0 Å². The fourth-order valence-corrected chi connectivity index (χ4v) is 2.89. The van der Waals surface area contributed by atoms with Crippen LogP contribution in [0, 0.1) is 6.92 Å². The molecular weight excluding hydrogens is 306 g/mol. The van der Waals surface area contributed by atoms with Crippen molar-refractivity contribution in [2.75, 3.05) is 24.5 Å². The topological polar surface area (TPSA) is 91.2 Å². The van der Waals surface area contributed by atoms with Gasteiger partial charge in [0.25, 0.3) is 5.91 Å². The van der Waals surface area contributed by atoms with E-state index < -0.39 is 5.60 Å². The SMILES string of the molecule is Cc1cccc(C(=O)NC[C@@]2(O)CCCN(c3ncccn3)C2)n1. The van der Waals surface area contributed by atoms with Crippen LogP contribution in [0.15, 0.2) is 36.7 Å². The Morgan fingerprint density at radius 1 is 1.33 bits per heavy atom. The summed E-state index contributed by atoms with van der Waals surface area (Å²) >= 11 is 0. The van der Waals surface area contributed by atoms with Gasteiger partial charge >= 0.3 is 0 Å². The summed E-state index contributed by atoms with van der Waals surface area (Å²) in [5, 5.41) is 13.6. The number of β-amino-alcohol motifs (C(OH)–C–C–N with tert-alkyl or cyclic N) is 1. The van der Waals surface area contributed by atoms with Crippen molar-refractivity contribution < 1.29 is 9.90 Å². The molecule has 7 heteroatoms. The molecule has 2 N–H and O–H groups in total. The number of carbonyl (C=O) groups excluding carboxylic acids is 1.